The van der Waals surface area contributed by atoms with Crippen LogP contribution in [0.15, 0.2) is 54.6 Å². The maximum atomic E-state index is 14.0. The molecule has 5 nitrogen and oxygen atoms in total. The first kappa shape index (κ1) is 20.5. The van der Waals surface area contributed by atoms with Gasteiger partial charge in [0.25, 0.3) is 5.91 Å². The quantitative estimate of drug-likeness (QED) is 0.410. The van der Waals surface area contributed by atoms with Crippen LogP contribution in [-0.2, 0) is 6.18 Å². The van der Waals surface area contributed by atoms with Gasteiger partial charge in [-0.05, 0) is 43.0 Å². The standard InChI is InChI=1S/C24H21F3N4O/c1-15-7-4-5-12-30(15)23(32)20-14-22-28-19(13-21(24(25,26)27)31(22)29-20)18-11-6-9-16-8-2-3-10-17(16)18/h2-3,6,8-11,13-15H,4-5,7,12H2,1H3. The van der Waals surface area contributed by atoms with E-state index in [-0.39, 0.29) is 29.0 Å². The summed E-state index contributed by atoms with van der Waals surface area (Å²) in [5, 5.41) is 5.74. The Bertz CT molecular complexity index is 1320. The Morgan fingerprint density at radius 1 is 1.06 bits per heavy atom. The van der Waals surface area contributed by atoms with Crippen molar-refractivity contribution in [3.63, 3.8) is 0 Å². The Hall–Kier alpha value is -3.42. The third-order valence-corrected chi connectivity index (χ3v) is 6.07. The molecular formula is C24H21F3N4O. The van der Waals surface area contributed by atoms with Crippen molar-refractivity contribution in [2.45, 2.75) is 38.4 Å². The van der Waals surface area contributed by atoms with Crippen molar-refractivity contribution in [3.05, 3.63) is 66.0 Å². The number of carbonyl (C=O) groups excluding carboxylic acids is 1. The molecule has 0 N–H and O–H groups in total. The number of likely N-dealkylation sites (tertiary alicyclic amines) is 1. The molecule has 1 unspecified atom stereocenters. The topological polar surface area (TPSA) is 50.5 Å². The van der Waals surface area contributed by atoms with E-state index < -0.39 is 11.9 Å². The van der Waals surface area contributed by atoms with E-state index >= 15 is 0 Å². The van der Waals surface area contributed by atoms with Crippen LogP contribution in [-0.4, -0.2) is 38.0 Å². The number of nitrogens with zero attached hydrogens (tertiary/aromatic N) is 4. The van der Waals surface area contributed by atoms with Gasteiger partial charge >= 0.3 is 6.18 Å². The maximum absolute atomic E-state index is 14.0. The van der Waals surface area contributed by atoms with Gasteiger partial charge in [0.2, 0.25) is 0 Å². The molecule has 2 aromatic carbocycles. The molecule has 4 aromatic rings. The van der Waals surface area contributed by atoms with Gasteiger partial charge in [-0.1, -0.05) is 42.5 Å². The largest absolute Gasteiger partial charge is 0.433 e. The monoisotopic (exact) mass is 438 g/mol. The summed E-state index contributed by atoms with van der Waals surface area (Å²) >= 11 is 0. The second kappa shape index (κ2) is 7.62. The number of alkyl halides is 3. The summed E-state index contributed by atoms with van der Waals surface area (Å²) in [4.78, 5) is 19.2. The second-order valence-corrected chi connectivity index (χ2v) is 8.19. The van der Waals surface area contributed by atoms with Crippen molar-refractivity contribution in [2.75, 3.05) is 6.54 Å². The number of halogens is 3. The fourth-order valence-electron chi connectivity index (χ4n) is 4.41. The van der Waals surface area contributed by atoms with Crippen LogP contribution < -0.4 is 0 Å². The highest BCUT2D eigenvalue weighted by Crippen LogP contribution is 2.34. The summed E-state index contributed by atoms with van der Waals surface area (Å²) < 4.78 is 42.6. The van der Waals surface area contributed by atoms with E-state index in [1.54, 1.807) is 17.0 Å². The predicted octanol–water partition coefficient (Wildman–Crippen LogP) is 5.58. The van der Waals surface area contributed by atoms with Gasteiger partial charge in [0, 0.05) is 24.2 Å². The molecule has 32 heavy (non-hydrogen) atoms. The van der Waals surface area contributed by atoms with Crippen molar-refractivity contribution < 1.29 is 18.0 Å². The number of fused-ring (bicyclic) bond motifs is 2. The van der Waals surface area contributed by atoms with Crippen molar-refractivity contribution in [1.29, 1.82) is 0 Å². The molecule has 0 aliphatic carbocycles. The molecule has 0 saturated carbocycles. The van der Waals surface area contributed by atoms with Gasteiger partial charge in [-0.2, -0.15) is 18.3 Å². The van der Waals surface area contributed by atoms with E-state index in [2.05, 4.69) is 10.1 Å². The summed E-state index contributed by atoms with van der Waals surface area (Å²) in [6.45, 7) is 2.53. The lowest BCUT2D eigenvalue weighted by Gasteiger charge is -2.32. The Morgan fingerprint density at radius 3 is 2.62 bits per heavy atom. The van der Waals surface area contributed by atoms with E-state index in [1.165, 1.54) is 6.07 Å². The molecule has 164 valence electrons. The first-order valence-corrected chi connectivity index (χ1v) is 10.6. The maximum Gasteiger partial charge on any atom is 0.433 e. The Kier molecular flexibility index (Phi) is 4.87. The van der Waals surface area contributed by atoms with E-state index in [0.29, 0.717) is 12.1 Å². The van der Waals surface area contributed by atoms with Crippen LogP contribution in [0.2, 0.25) is 0 Å². The summed E-state index contributed by atoms with van der Waals surface area (Å²) in [5.74, 6) is -0.359. The highest BCUT2D eigenvalue weighted by molar-refractivity contribution is 5.96. The number of rotatable bonds is 2. The molecule has 0 radical (unpaired) electrons. The Balaban J connectivity index is 1.67. The minimum absolute atomic E-state index is 0.00392. The zero-order chi connectivity index (χ0) is 22.5. The molecule has 1 atom stereocenters. The number of hydrogen-bond acceptors (Lipinski definition) is 3. The molecule has 0 bridgehead atoms. The van der Waals surface area contributed by atoms with Gasteiger partial charge in [-0.15, -0.1) is 0 Å². The molecule has 0 spiro atoms. The van der Waals surface area contributed by atoms with Crippen molar-refractivity contribution >= 4 is 22.3 Å². The predicted molar refractivity (Wildman–Crippen MR) is 115 cm³/mol. The lowest BCUT2D eigenvalue weighted by molar-refractivity contribution is -0.142. The van der Waals surface area contributed by atoms with Crippen LogP contribution in [0.25, 0.3) is 27.7 Å². The number of piperidine rings is 1. The van der Waals surface area contributed by atoms with E-state index in [1.807, 2.05) is 37.3 Å². The average molecular weight is 438 g/mol. The first-order chi connectivity index (χ1) is 15.3. The number of benzene rings is 2. The van der Waals surface area contributed by atoms with Crippen LogP contribution in [0.1, 0.15) is 42.4 Å². The van der Waals surface area contributed by atoms with Gasteiger partial charge in [0.1, 0.15) is 0 Å². The van der Waals surface area contributed by atoms with Crippen LogP contribution in [0, 0.1) is 0 Å². The second-order valence-electron chi connectivity index (χ2n) is 8.19. The van der Waals surface area contributed by atoms with Crippen molar-refractivity contribution in [2.24, 2.45) is 0 Å². The van der Waals surface area contributed by atoms with Gasteiger partial charge in [-0.3, -0.25) is 4.79 Å². The molecule has 1 fully saturated rings. The van der Waals surface area contributed by atoms with Crippen molar-refractivity contribution in [1.82, 2.24) is 19.5 Å². The van der Waals surface area contributed by atoms with Gasteiger partial charge < -0.3 is 4.90 Å². The van der Waals surface area contributed by atoms with Crippen molar-refractivity contribution in [3.8, 4) is 11.3 Å². The molecule has 1 aliphatic rings. The van der Waals surface area contributed by atoms with Crippen LogP contribution in [0.3, 0.4) is 0 Å². The third kappa shape index (κ3) is 3.49. The van der Waals surface area contributed by atoms with Crippen LogP contribution in [0.5, 0.6) is 0 Å². The Morgan fingerprint density at radius 2 is 1.84 bits per heavy atom. The van der Waals surface area contributed by atoms with Crippen LogP contribution in [0.4, 0.5) is 13.2 Å². The van der Waals surface area contributed by atoms with Gasteiger partial charge in [0.05, 0.1) is 5.69 Å². The van der Waals surface area contributed by atoms with E-state index in [9.17, 15) is 18.0 Å². The lowest BCUT2D eigenvalue weighted by Crippen LogP contribution is -2.42. The highest BCUT2D eigenvalue weighted by Gasteiger charge is 2.36. The van der Waals surface area contributed by atoms with Gasteiger partial charge in [-0.25, -0.2) is 9.50 Å². The number of hydrogen-bond donors (Lipinski definition) is 0. The average Bonchev–Trinajstić information content (AvgIpc) is 3.21. The third-order valence-electron chi connectivity index (χ3n) is 6.07. The number of carbonyl (C=O) groups is 1. The minimum Gasteiger partial charge on any atom is -0.335 e. The first-order valence-electron chi connectivity index (χ1n) is 10.6. The van der Waals surface area contributed by atoms with E-state index in [0.717, 1.165) is 40.6 Å². The minimum atomic E-state index is -4.66. The van der Waals surface area contributed by atoms with E-state index in [4.69, 9.17) is 0 Å². The molecule has 3 heterocycles. The van der Waals surface area contributed by atoms with Gasteiger partial charge in [0.15, 0.2) is 17.0 Å². The molecule has 1 amide bonds. The van der Waals surface area contributed by atoms with Crippen LogP contribution >= 0.6 is 0 Å². The molecule has 2 aromatic heterocycles. The highest BCUT2D eigenvalue weighted by atomic mass is 19.4. The number of aromatic nitrogens is 3. The summed E-state index contributed by atoms with van der Waals surface area (Å²) in [6.07, 6.45) is -1.88. The summed E-state index contributed by atoms with van der Waals surface area (Å²) in [7, 11) is 0. The molecular weight excluding hydrogens is 417 g/mol. The zero-order valence-corrected chi connectivity index (χ0v) is 17.4. The summed E-state index contributed by atoms with van der Waals surface area (Å²) in [5.41, 5.74) is -0.208. The molecule has 5 rings (SSSR count). The smallest absolute Gasteiger partial charge is 0.335 e. The fourth-order valence-corrected chi connectivity index (χ4v) is 4.41. The number of amides is 1. The Labute approximate surface area is 182 Å². The summed E-state index contributed by atoms with van der Waals surface area (Å²) in [6, 6.07) is 15.3. The molecule has 8 heteroatoms. The molecule has 1 aliphatic heterocycles. The normalized spacial score (nSPS) is 17.2. The molecule has 1 saturated heterocycles. The fraction of sp³-hybridized carbons (Fsp3) is 0.292. The SMILES string of the molecule is CC1CCCCN1C(=O)c1cc2nc(-c3cccc4ccccc34)cc(C(F)(F)F)n2n1. The zero-order valence-electron chi connectivity index (χ0n) is 17.4. The lowest BCUT2D eigenvalue weighted by atomic mass is 10.0.